The van der Waals surface area contributed by atoms with Crippen LogP contribution in [0.5, 0.6) is 11.5 Å². The van der Waals surface area contributed by atoms with Crippen molar-refractivity contribution in [3.63, 3.8) is 0 Å². The van der Waals surface area contributed by atoms with Gasteiger partial charge in [-0.25, -0.2) is 14.0 Å². The highest BCUT2D eigenvalue weighted by atomic mass is 19.1. The highest BCUT2D eigenvalue weighted by Gasteiger charge is 2.25. The number of carbonyl (C=O) groups excluding carboxylic acids is 1. The van der Waals surface area contributed by atoms with Crippen LogP contribution in [0.25, 0.3) is 10.9 Å². The number of benzene rings is 2. The Labute approximate surface area is 232 Å². The van der Waals surface area contributed by atoms with Crippen molar-refractivity contribution < 1.29 is 28.6 Å². The molecule has 0 spiro atoms. The Morgan fingerprint density at radius 1 is 1.02 bits per heavy atom. The molecule has 0 unspecified atom stereocenters. The van der Waals surface area contributed by atoms with Gasteiger partial charge >= 0.3 is 12.0 Å². The van der Waals surface area contributed by atoms with Gasteiger partial charge < -0.3 is 34.6 Å². The topological polar surface area (TPSA) is 107 Å². The summed E-state index contributed by atoms with van der Waals surface area (Å²) < 4.78 is 26.8. The molecule has 2 aliphatic heterocycles. The molecule has 10 nitrogen and oxygen atoms in total. The molecule has 3 aromatic rings. The zero-order valence-electron chi connectivity index (χ0n) is 22.6. The monoisotopic (exact) mass is 551 g/mol. The normalized spacial score (nSPS) is 15.8. The number of aromatic carboxylic acids is 1. The average molecular weight is 552 g/mol. The Morgan fingerprint density at radius 2 is 1.75 bits per heavy atom. The van der Waals surface area contributed by atoms with E-state index < -0.39 is 11.8 Å². The van der Waals surface area contributed by atoms with Crippen LogP contribution in [0, 0.1) is 5.82 Å². The second-order valence-corrected chi connectivity index (χ2v) is 10.0. The molecule has 1 aromatic heterocycles. The molecule has 3 heterocycles. The minimum absolute atomic E-state index is 0.144. The number of nitrogens with one attached hydrogen (secondary N) is 1. The Balaban J connectivity index is 1.24. The summed E-state index contributed by atoms with van der Waals surface area (Å²) in [6.07, 6.45) is 4.66. The summed E-state index contributed by atoms with van der Waals surface area (Å²) in [6.45, 7) is 5.49. The second kappa shape index (κ2) is 12.4. The number of amides is 2. The first kappa shape index (κ1) is 27.4. The van der Waals surface area contributed by atoms with Gasteiger partial charge in [-0.1, -0.05) is 0 Å². The number of piperazine rings is 1. The van der Waals surface area contributed by atoms with Crippen LogP contribution in [0.4, 0.5) is 20.6 Å². The predicted molar refractivity (Wildman–Crippen MR) is 150 cm³/mol. The van der Waals surface area contributed by atoms with E-state index in [9.17, 15) is 9.59 Å². The Kier molecular flexibility index (Phi) is 8.49. The summed E-state index contributed by atoms with van der Waals surface area (Å²) in [5.41, 5.74) is 1.68. The number of hydrogen-bond acceptors (Lipinski definition) is 7. The van der Waals surface area contributed by atoms with Gasteiger partial charge in [0, 0.05) is 49.9 Å². The molecular weight excluding hydrogens is 517 g/mol. The largest absolute Gasteiger partial charge is 0.493 e. The van der Waals surface area contributed by atoms with Crippen molar-refractivity contribution in [1.82, 2.24) is 14.8 Å². The van der Waals surface area contributed by atoms with Crippen LogP contribution in [0.1, 0.15) is 29.6 Å². The fourth-order valence-corrected chi connectivity index (χ4v) is 5.26. The maximum Gasteiger partial charge on any atom is 0.335 e. The van der Waals surface area contributed by atoms with Gasteiger partial charge in [-0.3, -0.25) is 4.98 Å². The number of carboxylic acids is 1. The summed E-state index contributed by atoms with van der Waals surface area (Å²) in [6, 6.07) is 9.25. The smallest absolute Gasteiger partial charge is 0.335 e. The number of likely N-dealkylation sites (tertiary alicyclic amines) is 1. The molecule has 2 fully saturated rings. The number of nitrogens with zero attached hydrogens (tertiary/aromatic N) is 4. The molecule has 2 N–H and O–H groups in total. The van der Waals surface area contributed by atoms with Crippen molar-refractivity contribution in [3.05, 3.63) is 54.0 Å². The number of fused-ring (bicyclic) bond motifs is 1. The third-order valence-corrected chi connectivity index (χ3v) is 7.42. The summed E-state index contributed by atoms with van der Waals surface area (Å²) in [7, 11) is 1.57. The fourth-order valence-electron chi connectivity index (χ4n) is 5.26. The molecule has 2 saturated heterocycles. The number of pyridine rings is 1. The van der Waals surface area contributed by atoms with Crippen molar-refractivity contribution in [2.45, 2.75) is 19.3 Å². The molecule has 11 heteroatoms. The third-order valence-electron chi connectivity index (χ3n) is 7.42. The molecule has 0 saturated carbocycles. The van der Waals surface area contributed by atoms with Crippen LogP contribution in [0.15, 0.2) is 42.6 Å². The Hall–Kier alpha value is -4.12. The van der Waals surface area contributed by atoms with Gasteiger partial charge in [0.1, 0.15) is 0 Å². The minimum Gasteiger partial charge on any atom is -0.493 e. The zero-order valence-corrected chi connectivity index (χ0v) is 22.6. The average Bonchev–Trinajstić information content (AvgIpc) is 3.49. The SMILES string of the molecule is COc1cc2c(N3CCN(C(=O)Nc4ccc(C(=O)O)cc4)CC3)c(F)cnc2cc1OCCCN1CCCC1. The van der Waals surface area contributed by atoms with Crippen molar-refractivity contribution in [2.75, 3.05) is 69.7 Å². The van der Waals surface area contributed by atoms with Crippen LogP contribution in [0.2, 0.25) is 0 Å². The number of methoxy groups -OCH3 is 1. The van der Waals surface area contributed by atoms with Crippen molar-refractivity contribution in [1.29, 1.82) is 0 Å². The lowest BCUT2D eigenvalue weighted by molar-refractivity contribution is 0.0697. The van der Waals surface area contributed by atoms with E-state index in [4.69, 9.17) is 14.6 Å². The van der Waals surface area contributed by atoms with Gasteiger partial charge in [0.05, 0.1) is 36.7 Å². The number of rotatable bonds is 9. The Morgan fingerprint density at radius 3 is 2.42 bits per heavy atom. The van der Waals surface area contributed by atoms with E-state index >= 15 is 4.39 Å². The van der Waals surface area contributed by atoms with E-state index in [1.165, 1.54) is 31.2 Å². The number of urea groups is 1. The molecule has 40 heavy (non-hydrogen) atoms. The van der Waals surface area contributed by atoms with E-state index in [1.54, 1.807) is 36.3 Å². The lowest BCUT2D eigenvalue weighted by Gasteiger charge is -2.36. The van der Waals surface area contributed by atoms with Crippen LogP contribution in [-0.4, -0.2) is 91.4 Å². The van der Waals surface area contributed by atoms with E-state index in [1.807, 2.05) is 4.90 Å². The number of hydrogen-bond donors (Lipinski definition) is 2. The van der Waals surface area contributed by atoms with Crippen molar-refractivity contribution in [3.8, 4) is 11.5 Å². The summed E-state index contributed by atoms with van der Waals surface area (Å²) >= 11 is 0. The quantitative estimate of drug-likeness (QED) is 0.379. The van der Waals surface area contributed by atoms with Crippen LogP contribution < -0.4 is 19.7 Å². The lowest BCUT2D eigenvalue weighted by Crippen LogP contribution is -2.50. The maximum absolute atomic E-state index is 15.2. The summed E-state index contributed by atoms with van der Waals surface area (Å²) in [4.78, 5) is 34.1. The van der Waals surface area contributed by atoms with Crippen molar-refractivity contribution >= 4 is 34.3 Å². The van der Waals surface area contributed by atoms with E-state index in [2.05, 4.69) is 15.2 Å². The number of carboxylic acid groups (broad SMARTS) is 1. The number of ether oxygens (including phenoxy) is 2. The third kappa shape index (κ3) is 6.20. The van der Waals surface area contributed by atoms with Gasteiger partial charge in [0.2, 0.25) is 0 Å². The molecule has 0 atom stereocenters. The van der Waals surface area contributed by atoms with Gasteiger partial charge in [-0.05, 0) is 62.7 Å². The van der Waals surface area contributed by atoms with E-state index in [0.717, 1.165) is 26.1 Å². The minimum atomic E-state index is -1.03. The molecule has 2 amide bonds. The van der Waals surface area contributed by atoms with Crippen LogP contribution in [-0.2, 0) is 0 Å². The standard InChI is InChI=1S/C29H34FN5O5/c1-39-25-17-22-24(18-26(25)40-16-4-11-33-9-2-3-10-33)31-19-23(30)27(22)34-12-14-35(15-13-34)29(38)32-21-7-5-20(6-8-21)28(36)37/h5-8,17-19H,2-4,9-16H2,1H3,(H,32,38)(H,36,37). The molecule has 2 aromatic carbocycles. The fraction of sp³-hybridized carbons (Fsp3) is 0.414. The second-order valence-electron chi connectivity index (χ2n) is 10.0. The van der Waals surface area contributed by atoms with Gasteiger partial charge in [0.25, 0.3) is 0 Å². The number of aromatic nitrogens is 1. The van der Waals surface area contributed by atoms with Crippen LogP contribution in [0.3, 0.4) is 0 Å². The highest BCUT2D eigenvalue weighted by Crippen LogP contribution is 2.37. The molecule has 5 rings (SSSR count). The molecule has 0 aliphatic carbocycles. The number of carbonyl (C=O) groups is 2. The van der Waals surface area contributed by atoms with Crippen molar-refractivity contribution in [2.24, 2.45) is 0 Å². The predicted octanol–water partition coefficient (Wildman–Crippen LogP) is 4.30. The first-order valence-electron chi connectivity index (χ1n) is 13.6. The lowest BCUT2D eigenvalue weighted by atomic mass is 10.1. The first-order valence-corrected chi connectivity index (χ1v) is 13.6. The van der Waals surface area contributed by atoms with E-state index in [-0.39, 0.29) is 11.6 Å². The summed E-state index contributed by atoms with van der Waals surface area (Å²) in [5.74, 6) is -0.363. The molecule has 0 radical (unpaired) electrons. The van der Waals surface area contributed by atoms with Gasteiger partial charge in [0.15, 0.2) is 17.3 Å². The number of halogens is 1. The Bertz CT molecular complexity index is 1360. The van der Waals surface area contributed by atoms with E-state index in [0.29, 0.717) is 66.6 Å². The number of anilines is 2. The maximum atomic E-state index is 15.2. The van der Waals surface area contributed by atoms with Gasteiger partial charge in [-0.2, -0.15) is 0 Å². The molecule has 212 valence electrons. The first-order chi connectivity index (χ1) is 19.4. The summed E-state index contributed by atoms with van der Waals surface area (Å²) in [5, 5.41) is 12.5. The molecular formula is C29H34FN5O5. The van der Waals surface area contributed by atoms with Crippen LogP contribution >= 0.6 is 0 Å². The zero-order chi connectivity index (χ0) is 28.1. The highest BCUT2D eigenvalue weighted by molar-refractivity contribution is 5.95. The molecule has 0 bridgehead atoms. The van der Waals surface area contributed by atoms with Gasteiger partial charge in [-0.15, -0.1) is 0 Å². The molecule has 2 aliphatic rings.